The highest BCUT2D eigenvalue weighted by Gasteiger charge is 2.02. The van der Waals surface area contributed by atoms with Crippen molar-refractivity contribution in [2.75, 3.05) is 0 Å². The van der Waals surface area contributed by atoms with Crippen molar-refractivity contribution in [3.8, 4) is 0 Å². The maximum Gasteiger partial charge on any atom is 0.184 e. The zero-order chi connectivity index (χ0) is 14.9. The molecule has 0 aromatic carbocycles. The van der Waals surface area contributed by atoms with E-state index in [2.05, 4.69) is 26.8 Å². The van der Waals surface area contributed by atoms with Gasteiger partial charge in [-0.1, -0.05) is 64.7 Å². The smallest absolute Gasteiger partial charge is 0.184 e. The van der Waals surface area contributed by atoms with Gasteiger partial charge in [-0.3, -0.25) is 0 Å². The van der Waals surface area contributed by atoms with Gasteiger partial charge in [0.1, 0.15) is 0 Å². The van der Waals surface area contributed by atoms with Crippen LogP contribution in [0.1, 0.15) is 77.6 Å². The Bertz CT molecular complexity index is 220. The average Bonchev–Trinajstić information content (AvgIpc) is 2.46. The second kappa shape index (κ2) is 16.2. The minimum atomic E-state index is 0.251. The van der Waals surface area contributed by atoms with Crippen LogP contribution in [0.15, 0.2) is 12.0 Å². The third kappa shape index (κ3) is 13.6. The van der Waals surface area contributed by atoms with Gasteiger partial charge in [0.05, 0.1) is 0 Å². The van der Waals surface area contributed by atoms with E-state index < -0.39 is 0 Å². The first kappa shape index (κ1) is 19.2. The zero-order valence-electron chi connectivity index (χ0n) is 12.4. The summed E-state index contributed by atoms with van der Waals surface area (Å²) in [7, 11) is 0. The van der Waals surface area contributed by atoms with Crippen molar-refractivity contribution in [1.29, 1.82) is 0 Å². The molecule has 0 spiro atoms. The first-order valence-corrected chi connectivity index (χ1v) is 7.49. The summed E-state index contributed by atoms with van der Waals surface area (Å²) in [5.74, 6) is 0.251. The molecule has 0 aliphatic carbocycles. The highest BCUT2D eigenvalue weighted by molar-refractivity contribution is 4.85. The van der Waals surface area contributed by atoms with E-state index in [1.165, 1.54) is 51.4 Å². The largest absolute Gasteiger partial charge is 0.313 e. The van der Waals surface area contributed by atoms with Gasteiger partial charge in [-0.15, -0.1) is 0 Å². The molecule has 0 unspecified atom stereocenters. The van der Waals surface area contributed by atoms with Crippen LogP contribution < -0.4 is 0 Å². The lowest BCUT2D eigenvalue weighted by Gasteiger charge is -2.04. The monoisotopic (exact) mass is 292 g/mol. The molecular formula is C14H28O6. The van der Waals surface area contributed by atoms with E-state index in [1.807, 2.05) is 0 Å². The Balaban J connectivity index is 3.36. The number of unbranched alkanes of at least 4 members (excludes halogenated alkanes) is 9. The summed E-state index contributed by atoms with van der Waals surface area (Å²) in [6.07, 6.45) is 13.9. The van der Waals surface area contributed by atoms with Gasteiger partial charge in [0, 0.05) is 6.42 Å². The van der Waals surface area contributed by atoms with Crippen molar-refractivity contribution in [3.63, 3.8) is 0 Å². The molecule has 0 fully saturated rings. The molecule has 0 aliphatic rings. The number of rotatable bonds is 15. The summed E-state index contributed by atoms with van der Waals surface area (Å²) in [5, 5.41) is 23.2. The normalized spacial score (nSPS) is 11.7. The van der Waals surface area contributed by atoms with Crippen molar-refractivity contribution in [3.05, 3.63) is 12.0 Å². The summed E-state index contributed by atoms with van der Waals surface area (Å²) < 4.78 is 0. The van der Waals surface area contributed by atoms with Crippen molar-refractivity contribution in [2.45, 2.75) is 77.6 Å². The molecule has 0 aromatic heterocycles. The van der Waals surface area contributed by atoms with Crippen LogP contribution in [-0.4, -0.2) is 10.5 Å². The van der Waals surface area contributed by atoms with E-state index in [-0.39, 0.29) is 5.76 Å². The van der Waals surface area contributed by atoms with Crippen LogP contribution in [0.25, 0.3) is 0 Å². The number of allylic oxidation sites excluding steroid dienone is 1. The third-order valence-corrected chi connectivity index (χ3v) is 3.14. The Morgan fingerprint density at radius 2 is 1.35 bits per heavy atom. The predicted molar refractivity (Wildman–Crippen MR) is 74.1 cm³/mol. The summed E-state index contributed by atoms with van der Waals surface area (Å²) in [5.41, 5.74) is 0. The fraction of sp³-hybridized carbons (Fsp3) is 0.857. The molecule has 120 valence electrons. The predicted octanol–water partition coefficient (Wildman–Crippen LogP) is 4.98. The van der Waals surface area contributed by atoms with Crippen LogP contribution in [0.5, 0.6) is 0 Å². The molecule has 20 heavy (non-hydrogen) atoms. The van der Waals surface area contributed by atoms with E-state index >= 15 is 0 Å². The second-order valence-electron chi connectivity index (χ2n) is 4.84. The standard InChI is InChI=1S/C14H28O6/c1-2-3-4-5-6-7-8-9-10-11-12-14(18-20-16)13-17-19-15/h13,15-16H,2-12H2,1H3. The van der Waals surface area contributed by atoms with E-state index in [0.717, 1.165) is 19.1 Å². The van der Waals surface area contributed by atoms with Gasteiger partial charge in [-0.2, -0.15) is 0 Å². The van der Waals surface area contributed by atoms with Gasteiger partial charge in [0.25, 0.3) is 0 Å². The molecule has 0 saturated heterocycles. The Kier molecular flexibility index (Phi) is 15.6. The van der Waals surface area contributed by atoms with Gasteiger partial charge in [-0.05, 0) is 16.5 Å². The van der Waals surface area contributed by atoms with Gasteiger partial charge in [0.15, 0.2) is 12.0 Å². The van der Waals surface area contributed by atoms with Crippen LogP contribution >= 0.6 is 0 Å². The molecule has 0 radical (unpaired) electrons. The maximum absolute atomic E-state index is 8.18. The zero-order valence-corrected chi connectivity index (χ0v) is 12.4. The molecule has 0 heterocycles. The Morgan fingerprint density at radius 3 is 1.85 bits per heavy atom. The van der Waals surface area contributed by atoms with Gasteiger partial charge < -0.3 is 9.78 Å². The minimum Gasteiger partial charge on any atom is -0.313 e. The Labute approximate surface area is 121 Å². The second-order valence-corrected chi connectivity index (χ2v) is 4.84. The lowest BCUT2D eigenvalue weighted by molar-refractivity contribution is -0.483. The lowest BCUT2D eigenvalue weighted by atomic mass is 10.1. The Hall–Kier alpha value is -0.820. The van der Waals surface area contributed by atoms with Crippen LogP contribution in [0.2, 0.25) is 0 Å². The van der Waals surface area contributed by atoms with Gasteiger partial charge in [-0.25, -0.2) is 10.5 Å². The molecule has 6 nitrogen and oxygen atoms in total. The van der Waals surface area contributed by atoms with Crippen molar-refractivity contribution in [2.24, 2.45) is 0 Å². The highest BCUT2D eigenvalue weighted by atomic mass is 17.5. The molecule has 0 bridgehead atoms. The summed E-state index contributed by atoms with van der Waals surface area (Å²) in [4.78, 5) is 8.60. The van der Waals surface area contributed by atoms with Crippen LogP contribution in [0.4, 0.5) is 0 Å². The SMILES string of the molecule is CCCCCCCCCCCCC(=COOO)OOO. The fourth-order valence-electron chi connectivity index (χ4n) is 2.03. The van der Waals surface area contributed by atoms with Crippen LogP contribution in [0, 0.1) is 0 Å². The van der Waals surface area contributed by atoms with E-state index in [4.69, 9.17) is 10.5 Å². The quantitative estimate of drug-likeness (QED) is 0.192. The molecular weight excluding hydrogens is 264 g/mol. The Morgan fingerprint density at radius 1 is 0.800 bits per heavy atom. The topological polar surface area (TPSA) is 77.4 Å². The highest BCUT2D eigenvalue weighted by Crippen LogP contribution is 2.14. The molecule has 0 atom stereocenters. The molecule has 0 saturated carbocycles. The maximum atomic E-state index is 8.18. The number of hydrogen-bond acceptors (Lipinski definition) is 6. The first-order valence-electron chi connectivity index (χ1n) is 7.49. The van der Waals surface area contributed by atoms with E-state index in [1.54, 1.807) is 0 Å². The van der Waals surface area contributed by atoms with E-state index in [9.17, 15) is 0 Å². The van der Waals surface area contributed by atoms with Crippen molar-refractivity contribution >= 4 is 0 Å². The van der Waals surface area contributed by atoms with Crippen molar-refractivity contribution in [1.82, 2.24) is 0 Å². The summed E-state index contributed by atoms with van der Waals surface area (Å²) >= 11 is 0. The van der Waals surface area contributed by atoms with Gasteiger partial charge >= 0.3 is 0 Å². The first-order chi connectivity index (χ1) is 9.85. The molecule has 0 amide bonds. The molecule has 0 rings (SSSR count). The lowest BCUT2D eigenvalue weighted by Crippen LogP contribution is -1.94. The fourth-order valence-corrected chi connectivity index (χ4v) is 2.03. The van der Waals surface area contributed by atoms with Crippen molar-refractivity contribution < 1.29 is 30.4 Å². The van der Waals surface area contributed by atoms with Crippen LogP contribution in [0.3, 0.4) is 0 Å². The third-order valence-electron chi connectivity index (χ3n) is 3.14. The molecule has 0 aromatic rings. The summed E-state index contributed by atoms with van der Waals surface area (Å²) in [6, 6.07) is 0. The molecule has 0 aliphatic heterocycles. The van der Waals surface area contributed by atoms with E-state index in [0.29, 0.717) is 6.42 Å². The van der Waals surface area contributed by atoms with Gasteiger partial charge in [0.2, 0.25) is 0 Å². The minimum absolute atomic E-state index is 0.251. The average molecular weight is 292 g/mol. The molecule has 2 N–H and O–H groups in total. The van der Waals surface area contributed by atoms with Crippen LogP contribution in [-0.2, 0) is 19.9 Å². The number of hydrogen-bond donors (Lipinski definition) is 2. The summed E-state index contributed by atoms with van der Waals surface area (Å²) in [6.45, 7) is 2.23. The molecule has 6 heteroatoms.